The third-order valence-electron chi connectivity index (χ3n) is 4.84. The van der Waals surface area contributed by atoms with Crippen LogP contribution < -0.4 is 10.6 Å². The predicted octanol–water partition coefficient (Wildman–Crippen LogP) is 3.06. The molecule has 0 aliphatic carbocycles. The predicted molar refractivity (Wildman–Crippen MR) is 102 cm³/mol. The van der Waals surface area contributed by atoms with E-state index in [1.165, 1.54) is 11.1 Å². The lowest BCUT2D eigenvalue weighted by Gasteiger charge is -2.18. The number of aryl methyl sites for hydroxylation is 2. The van der Waals surface area contributed by atoms with Crippen molar-refractivity contribution < 1.29 is 4.79 Å². The summed E-state index contributed by atoms with van der Waals surface area (Å²) in [6.45, 7) is 5.49. The maximum atomic E-state index is 12.5. The molecule has 0 bridgehead atoms. The molecule has 1 fully saturated rings. The van der Waals surface area contributed by atoms with Crippen LogP contribution in [0.3, 0.4) is 0 Å². The zero-order chi connectivity index (χ0) is 18.1. The largest absolute Gasteiger partial charge is 0.364 e. The minimum absolute atomic E-state index is 0.0597. The molecule has 7 nitrogen and oxygen atoms in total. The number of likely N-dealkylation sites (tertiary alicyclic amines) is 1. The molecule has 2 N–H and O–H groups in total. The number of hydrogen-bond acceptors (Lipinski definition) is 4. The van der Waals surface area contributed by atoms with Gasteiger partial charge in [0.2, 0.25) is 0 Å². The van der Waals surface area contributed by atoms with Crippen LogP contribution in [0, 0.1) is 13.8 Å². The molecule has 2 aromatic heterocycles. The van der Waals surface area contributed by atoms with Gasteiger partial charge in [0.05, 0.1) is 0 Å². The van der Waals surface area contributed by atoms with E-state index in [1.807, 2.05) is 48.4 Å². The number of amides is 2. The van der Waals surface area contributed by atoms with Crippen LogP contribution in [0.25, 0.3) is 5.65 Å². The molecule has 3 heterocycles. The van der Waals surface area contributed by atoms with Crippen molar-refractivity contribution >= 4 is 23.2 Å². The number of rotatable bonds is 3. The van der Waals surface area contributed by atoms with E-state index in [1.54, 1.807) is 10.7 Å². The van der Waals surface area contributed by atoms with E-state index in [9.17, 15) is 4.79 Å². The number of anilines is 2. The van der Waals surface area contributed by atoms with E-state index in [4.69, 9.17) is 0 Å². The van der Waals surface area contributed by atoms with Crippen molar-refractivity contribution in [3.05, 3.63) is 53.9 Å². The van der Waals surface area contributed by atoms with Crippen LogP contribution >= 0.6 is 0 Å². The minimum Gasteiger partial charge on any atom is -0.364 e. The second-order valence-electron chi connectivity index (χ2n) is 6.75. The zero-order valence-corrected chi connectivity index (χ0v) is 14.9. The van der Waals surface area contributed by atoms with Crippen molar-refractivity contribution in [3.63, 3.8) is 0 Å². The summed E-state index contributed by atoms with van der Waals surface area (Å²) in [5.41, 5.74) is 4.04. The maximum absolute atomic E-state index is 12.5. The van der Waals surface area contributed by atoms with Crippen LogP contribution in [0.2, 0.25) is 0 Å². The van der Waals surface area contributed by atoms with Gasteiger partial charge in [0, 0.05) is 37.2 Å². The SMILES string of the molecule is Cc1ccc(NC(=O)N2CCC(Nc3ccc4nccn4n3)C2)cc1C. The Hall–Kier alpha value is -3.09. The quantitative estimate of drug-likeness (QED) is 0.761. The zero-order valence-electron chi connectivity index (χ0n) is 14.9. The number of imidazole rings is 1. The summed E-state index contributed by atoms with van der Waals surface area (Å²) in [7, 11) is 0. The average Bonchev–Trinajstić information content (AvgIpc) is 3.27. The van der Waals surface area contributed by atoms with E-state index in [2.05, 4.69) is 27.6 Å². The third-order valence-corrected chi connectivity index (χ3v) is 4.84. The van der Waals surface area contributed by atoms with Crippen molar-refractivity contribution in [2.45, 2.75) is 26.3 Å². The van der Waals surface area contributed by atoms with Gasteiger partial charge in [0.15, 0.2) is 5.65 Å². The first-order valence-electron chi connectivity index (χ1n) is 8.78. The number of nitrogens with one attached hydrogen (secondary N) is 2. The summed E-state index contributed by atoms with van der Waals surface area (Å²) in [6, 6.07) is 9.94. The van der Waals surface area contributed by atoms with Gasteiger partial charge >= 0.3 is 6.03 Å². The van der Waals surface area contributed by atoms with E-state index in [0.717, 1.165) is 30.1 Å². The van der Waals surface area contributed by atoms with Gasteiger partial charge in [-0.15, -0.1) is 5.10 Å². The molecule has 1 aromatic carbocycles. The fraction of sp³-hybridized carbons (Fsp3) is 0.316. The van der Waals surface area contributed by atoms with Crippen LogP contribution in [0.15, 0.2) is 42.7 Å². The molecule has 2 amide bonds. The van der Waals surface area contributed by atoms with Crippen molar-refractivity contribution in [3.8, 4) is 0 Å². The standard InChI is InChI=1S/C19H22N6O/c1-13-3-4-15(11-14(13)2)22-19(26)24-9-7-16(12-24)21-17-5-6-18-20-8-10-25(18)23-17/h3-6,8,10-11,16H,7,9,12H2,1-2H3,(H,21,23)(H,22,26). The summed E-state index contributed by atoms with van der Waals surface area (Å²) < 4.78 is 1.74. The Labute approximate surface area is 152 Å². The Kier molecular flexibility index (Phi) is 4.20. The molecule has 1 unspecified atom stereocenters. The fourth-order valence-corrected chi connectivity index (χ4v) is 3.19. The number of carbonyl (C=O) groups is 1. The summed E-state index contributed by atoms with van der Waals surface area (Å²) in [5, 5.41) is 10.9. The van der Waals surface area contributed by atoms with Crippen molar-refractivity contribution in [1.82, 2.24) is 19.5 Å². The van der Waals surface area contributed by atoms with E-state index < -0.39 is 0 Å². The van der Waals surface area contributed by atoms with Gasteiger partial charge in [0.1, 0.15) is 5.82 Å². The molecule has 1 aliphatic rings. The number of urea groups is 1. The topological polar surface area (TPSA) is 74.6 Å². The van der Waals surface area contributed by atoms with Gasteiger partial charge in [-0.25, -0.2) is 14.3 Å². The third kappa shape index (κ3) is 3.33. The maximum Gasteiger partial charge on any atom is 0.321 e. The lowest BCUT2D eigenvalue weighted by molar-refractivity contribution is 0.222. The smallest absolute Gasteiger partial charge is 0.321 e. The first-order chi connectivity index (χ1) is 12.6. The molecular formula is C19H22N6O. The lowest BCUT2D eigenvalue weighted by Crippen LogP contribution is -2.35. The summed E-state index contributed by atoms with van der Waals surface area (Å²) in [4.78, 5) is 18.5. The van der Waals surface area contributed by atoms with E-state index in [-0.39, 0.29) is 12.1 Å². The summed E-state index contributed by atoms with van der Waals surface area (Å²) in [5.74, 6) is 0.789. The molecule has 7 heteroatoms. The van der Waals surface area contributed by atoms with Crippen molar-refractivity contribution in [2.24, 2.45) is 0 Å². The fourth-order valence-electron chi connectivity index (χ4n) is 3.19. The molecule has 0 saturated carbocycles. The van der Waals surface area contributed by atoms with Gasteiger partial charge in [-0.1, -0.05) is 6.07 Å². The molecule has 3 aromatic rings. The number of hydrogen-bond donors (Lipinski definition) is 2. The van der Waals surface area contributed by atoms with E-state index >= 15 is 0 Å². The van der Waals surface area contributed by atoms with Crippen LogP contribution in [0.1, 0.15) is 17.5 Å². The van der Waals surface area contributed by atoms with E-state index in [0.29, 0.717) is 6.54 Å². The number of carbonyl (C=O) groups excluding carboxylic acids is 1. The molecule has 1 atom stereocenters. The van der Waals surface area contributed by atoms with Crippen LogP contribution in [-0.2, 0) is 0 Å². The first-order valence-corrected chi connectivity index (χ1v) is 8.78. The van der Waals surface area contributed by atoms with Crippen LogP contribution in [0.4, 0.5) is 16.3 Å². The second-order valence-corrected chi connectivity index (χ2v) is 6.75. The highest BCUT2D eigenvalue weighted by Gasteiger charge is 2.26. The molecular weight excluding hydrogens is 328 g/mol. The lowest BCUT2D eigenvalue weighted by atomic mass is 10.1. The van der Waals surface area contributed by atoms with Gasteiger partial charge in [-0.3, -0.25) is 0 Å². The summed E-state index contributed by atoms with van der Waals surface area (Å²) >= 11 is 0. The Bertz CT molecular complexity index is 950. The number of nitrogens with zero attached hydrogens (tertiary/aromatic N) is 4. The molecule has 0 spiro atoms. The Balaban J connectivity index is 1.36. The monoisotopic (exact) mass is 350 g/mol. The van der Waals surface area contributed by atoms with Crippen LogP contribution in [0.5, 0.6) is 0 Å². The number of benzene rings is 1. The molecule has 4 rings (SSSR count). The van der Waals surface area contributed by atoms with Gasteiger partial charge in [-0.05, 0) is 55.7 Å². The average molecular weight is 350 g/mol. The summed E-state index contributed by atoms with van der Waals surface area (Å²) in [6.07, 6.45) is 4.43. The van der Waals surface area contributed by atoms with Crippen molar-refractivity contribution in [1.29, 1.82) is 0 Å². The van der Waals surface area contributed by atoms with Crippen LogP contribution in [-0.4, -0.2) is 44.7 Å². The molecule has 1 saturated heterocycles. The van der Waals surface area contributed by atoms with Gasteiger partial charge in [-0.2, -0.15) is 0 Å². The van der Waals surface area contributed by atoms with Gasteiger partial charge < -0.3 is 15.5 Å². The molecule has 26 heavy (non-hydrogen) atoms. The minimum atomic E-state index is -0.0597. The van der Waals surface area contributed by atoms with Gasteiger partial charge in [0.25, 0.3) is 0 Å². The Morgan fingerprint density at radius 2 is 2.08 bits per heavy atom. The number of aromatic nitrogens is 3. The highest BCUT2D eigenvalue weighted by atomic mass is 16.2. The Morgan fingerprint density at radius 3 is 2.92 bits per heavy atom. The Morgan fingerprint density at radius 1 is 1.19 bits per heavy atom. The molecule has 1 aliphatic heterocycles. The second kappa shape index (κ2) is 6.67. The molecule has 134 valence electrons. The molecule has 0 radical (unpaired) electrons. The van der Waals surface area contributed by atoms with Crippen molar-refractivity contribution in [2.75, 3.05) is 23.7 Å². The first kappa shape index (κ1) is 16.4. The highest BCUT2D eigenvalue weighted by molar-refractivity contribution is 5.89. The highest BCUT2D eigenvalue weighted by Crippen LogP contribution is 2.18. The normalized spacial score (nSPS) is 16.8. The number of fused-ring (bicyclic) bond motifs is 1.